The van der Waals surface area contributed by atoms with Crippen LogP contribution in [0.15, 0.2) is 59.5 Å². The minimum atomic E-state index is -3.63. The van der Waals surface area contributed by atoms with Crippen molar-refractivity contribution in [2.24, 2.45) is 5.73 Å². The van der Waals surface area contributed by atoms with Gasteiger partial charge in [-0.25, -0.2) is 8.42 Å². The summed E-state index contributed by atoms with van der Waals surface area (Å²) in [5, 5.41) is 2.37. The highest BCUT2D eigenvalue weighted by molar-refractivity contribution is 7.89. The van der Waals surface area contributed by atoms with Crippen LogP contribution >= 0.6 is 0 Å². The molecule has 1 atom stereocenters. The van der Waals surface area contributed by atoms with Gasteiger partial charge in [-0.2, -0.15) is 4.31 Å². The van der Waals surface area contributed by atoms with Crippen LogP contribution in [0.25, 0.3) is 0 Å². The summed E-state index contributed by atoms with van der Waals surface area (Å²) in [5.74, 6) is -2.28. The summed E-state index contributed by atoms with van der Waals surface area (Å²) in [6.07, 6.45) is -1.27. The van der Waals surface area contributed by atoms with Gasteiger partial charge in [0, 0.05) is 24.2 Å². The van der Waals surface area contributed by atoms with Crippen LogP contribution in [0, 0.1) is 0 Å². The molecule has 0 bridgehead atoms. The molecule has 0 radical (unpaired) electrons. The van der Waals surface area contributed by atoms with Crippen LogP contribution in [-0.2, 0) is 24.3 Å². The summed E-state index contributed by atoms with van der Waals surface area (Å²) in [6.45, 7) is 3.65. The topological polar surface area (TPSA) is 136 Å². The van der Waals surface area contributed by atoms with Gasteiger partial charge in [-0.05, 0) is 24.3 Å². The summed E-state index contributed by atoms with van der Waals surface area (Å²) in [7, 11) is -3.63. The molecule has 0 aromatic heterocycles. The number of carbonyl (C=O) groups excluding carboxylic acids is 3. The van der Waals surface area contributed by atoms with Gasteiger partial charge in [-0.1, -0.05) is 44.2 Å². The lowest BCUT2D eigenvalue weighted by Crippen LogP contribution is -2.34. The van der Waals surface area contributed by atoms with E-state index in [9.17, 15) is 22.8 Å². The van der Waals surface area contributed by atoms with Crippen molar-refractivity contribution in [2.75, 3.05) is 19.6 Å². The Labute approximate surface area is 181 Å². The predicted molar refractivity (Wildman–Crippen MR) is 113 cm³/mol. The molecule has 0 saturated carbocycles. The van der Waals surface area contributed by atoms with Crippen LogP contribution in [0.5, 0.6) is 0 Å². The van der Waals surface area contributed by atoms with Crippen LogP contribution in [-0.4, -0.2) is 50.1 Å². The van der Waals surface area contributed by atoms with Crippen LogP contribution in [0.1, 0.15) is 35.9 Å². The van der Waals surface area contributed by atoms with E-state index in [1.165, 1.54) is 28.6 Å². The fourth-order valence-electron chi connectivity index (χ4n) is 2.84. The molecule has 2 aromatic rings. The highest BCUT2D eigenvalue weighted by Crippen LogP contribution is 2.17. The van der Waals surface area contributed by atoms with Gasteiger partial charge in [0.25, 0.3) is 11.8 Å². The van der Waals surface area contributed by atoms with Crippen LogP contribution < -0.4 is 11.1 Å². The number of benzene rings is 2. The Morgan fingerprint density at radius 1 is 1.00 bits per heavy atom. The van der Waals surface area contributed by atoms with Crippen molar-refractivity contribution < 1.29 is 27.5 Å². The maximum atomic E-state index is 12.5. The second-order valence-corrected chi connectivity index (χ2v) is 8.42. The molecule has 0 aliphatic heterocycles. The van der Waals surface area contributed by atoms with Crippen molar-refractivity contribution in [3.8, 4) is 0 Å². The number of hydrogen-bond donors (Lipinski definition) is 2. The molecule has 9 nitrogen and oxygen atoms in total. The molecule has 10 heteroatoms. The number of carbonyl (C=O) groups is 3. The van der Waals surface area contributed by atoms with E-state index in [1.54, 1.807) is 44.2 Å². The van der Waals surface area contributed by atoms with Crippen molar-refractivity contribution in [3.05, 3.63) is 65.7 Å². The van der Waals surface area contributed by atoms with E-state index in [0.717, 1.165) is 0 Å². The Morgan fingerprint density at radius 3 is 2.10 bits per heavy atom. The minimum absolute atomic E-state index is 0.0688. The first-order valence-electron chi connectivity index (χ1n) is 9.62. The Morgan fingerprint density at radius 2 is 1.58 bits per heavy atom. The Balaban J connectivity index is 1.99. The van der Waals surface area contributed by atoms with Crippen LogP contribution in [0.4, 0.5) is 0 Å². The molecule has 1 unspecified atom stereocenters. The second-order valence-electron chi connectivity index (χ2n) is 6.48. The normalized spacial score (nSPS) is 12.2. The third kappa shape index (κ3) is 6.12. The fourth-order valence-corrected chi connectivity index (χ4v) is 4.29. The van der Waals surface area contributed by atoms with E-state index in [2.05, 4.69) is 5.32 Å². The Hall–Kier alpha value is -3.24. The van der Waals surface area contributed by atoms with Gasteiger partial charge in [-0.15, -0.1) is 0 Å². The molecule has 31 heavy (non-hydrogen) atoms. The highest BCUT2D eigenvalue weighted by atomic mass is 32.2. The van der Waals surface area contributed by atoms with Gasteiger partial charge in [0.15, 0.2) is 0 Å². The first kappa shape index (κ1) is 24.0. The lowest BCUT2D eigenvalue weighted by Gasteiger charge is -2.18. The van der Waals surface area contributed by atoms with Gasteiger partial charge in [0.2, 0.25) is 16.1 Å². The van der Waals surface area contributed by atoms with Crippen molar-refractivity contribution in [1.29, 1.82) is 0 Å². The van der Waals surface area contributed by atoms with Gasteiger partial charge in [0.1, 0.15) is 6.54 Å². The van der Waals surface area contributed by atoms with Crippen molar-refractivity contribution in [3.63, 3.8) is 0 Å². The van der Waals surface area contributed by atoms with Crippen LogP contribution in [0.2, 0.25) is 0 Å². The number of amides is 2. The lowest BCUT2D eigenvalue weighted by atomic mass is 10.1. The molecule has 0 aliphatic rings. The largest absolute Gasteiger partial charge is 0.446 e. The Kier molecular flexibility index (Phi) is 8.29. The third-order valence-electron chi connectivity index (χ3n) is 4.46. The number of hydrogen-bond acceptors (Lipinski definition) is 6. The predicted octanol–water partition coefficient (Wildman–Crippen LogP) is 1.22. The number of nitrogens with two attached hydrogens (primary N) is 1. The summed E-state index contributed by atoms with van der Waals surface area (Å²) in [5.41, 5.74) is 5.88. The third-order valence-corrected chi connectivity index (χ3v) is 6.53. The lowest BCUT2D eigenvalue weighted by molar-refractivity contribution is -0.154. The van der Waals surface area contributed by atoms with Crippen molar-refractivity contribution in [1.82, 2.24) is 9.62 Å². The molecule has 0 spiro atoms. The molecule has 2 rings (SSSR count). The molecule has 166 valence electrons. The smallest absolute Gasteiger partial charge is 0.326 e. The van der Waals surface area contributed by atoms with E-state index < -0.39 is 40.5 Å². The molecule has 2 amide bonds. The zero-order chi connectivity index (χ0) is 23.0. The number of ether oxygens (including phenoxy) is 1. The van der Waals surface area contributed by atoms with E-state index in [0.29, 0.717) is 18.7 Å². The molecular formula is C21H25N3O6S. The minimum Gasteiger partial charge on any atom is -0.446 e. The number of sulfonamides is 1. The molecular weight excluding hydrogens is 422 g/mol. The molecule has 0 aliphatic carbocycles. The number of esters is 1. The number of rotatable bonds is 10. The fraction of sp³-hybridized carbons (Fsp3) is 0.286. The zero-order valence-electron chi connectivity index (χ0n) is 17.3. The van der Waals surface area contributed by atoms with Gasteiger partial charge in [0.05, 0.1) is 4.90 Å². The quantitative estimate of drug-likeness (QED) is 0.526. The average molecular weight is 448 g/mol. The molecule has 0 heterocycles. The summed E-state index contributed by atoms with van der Waals surface area (Å²) in [4.78, 5) is 36.0. The maximum absolute atomic E-state index is 12.5. The van der Waals surface area contributed by atoms with E-state index in [1.807, 2.05) is 0 Å². The first-order chi connectivity index (χ1) is 14.7. The summed E-state index contributed by atoms with van der Waals surface area (Å²) in [6, 6.07) is 13.6. The molecule has 0 fully saturated rings. The van der Waals surface area contributed by atoms with Gasteiger partial charge in [-0.3, -0.25) is 14.4 Å². The van der Waals surface area contributed by atoms with E-state index in [4.69, 9.17) is 10.5 Å². The molecule has 0 saturated heterocycles. The van der Waals surface area contributed by atoms with Crippen molar-refractivity contribution >= 4 is 27.8 Å². The summed E-state index contributed by atoms with van der Waals surface area (Å²) >= 11 is 0. The summed E-state index contributed by atoms with van der Waals surface area (Å²) < 4.78 is 31.4. The van der Waals surface area contributed by atoms with E-state index >= 15 is 0 Å². The number of primary amides is 1. The standard InChI is InChI=1S/C21H25N3O6S/c1-3-24(4-2)31(28,29)17-12-10-16(11-13-17)21(27)23-14-18(25)30-19(20(22)26)15-8-6-5-7-9-15/h5-13,19H,3-4,14H2,1-2H3,(H2,22,26)(H,23,27). The SMILES string of the molecule is CCN(CC)S(=O)(=O)c1ccc(C(=O)NCC(=O)OC(C(N)=O)c2ccccc2)cc1. The first-order valence-corrected chi connectivity index (χ1v) is 11.1. The zero-order valence-corrected chi connectivity index (χ0v) is 18.1. The highest BCUT2D eigenvalue weighted by Gasteiger charge is 2.23. The number of nitrogens with one attached hydrogen (secondary N) is 1. The monoisotopic (exact) mass is 447 g/mol. The second kappa shape index (κ2) is 10.7. The Bertz CT molecular complexity index is 1020. The molecule has 2 aromatic carbocycles. The van der Waals surface area contributed by atoms with Crippen molar-refractivity contribution in [2.45, 2.75) is 24.8 Å². The van der Waals surface area contributed by atoms with Gasteiger partial charge >= 0.3 is 5.97 Å². The number of nitrogens with zero attached hydrogens (tertiary/aromatic N) is 1. The van der Waals surface area contributed by atoms with Crippen LogP contribution in [0.3, 0.4) is 0 Å². The van der Waals surface area contributed by atoms with E-state index in [-0.39, 0.29) is 10.5 Å². The maximum Gasteiger partial charge on any atom is 0.326 e. The van der Waals surface area contributed by atoms with Gasteiger partial charge < -0.3 is 15.8 Å². The molecule has 3 N–H and O–H groups in total. The average Bonchev–Trinajstić information content (AvgIpc) is 2.77.